The summed E-state index contributed by atoms with van der Waals surface area (Å²) in [5.74, 6) is 0.871. The van der Waals surface area contributed by atoms with Crippen LogP contribution in [0.4, 0.5) is 0 Å². The number of benzene rings is 2. The van der Waals surface area contributed by atoms with E-state index in [1.54, 1.807) is 7.11 Å². The highest BCUT2D eigenvalue weighted by Gasteiger charge is 2.48. The second-order valence-corrected chi connectivity index (χ2v) is 6.77. The Morgan fingerprint density at radius 2 is 1.69 bits per heavy atom. The SMILES string of the molecule is COc1ccc(CN[C@@H]2CO[C@H]3[C@@H]2OC[C@@H]3OCc2ccccc2)cc1. The first-order valence-electron chi connectivity index (χ1n) is 9.08. The van der Waals surface area contributed by atoms with Crippen molar-refractivity contribution in [2.24, 2.45) is 0 Å². The molecule has 2 heterocycles. The van der Waals surface area contributed by atoms with E-state index in [4.69, 9.17) is 18.9 Å². The van der Waals surface area contributed by atoms with E-state index in [1.165, 1.54) is 11.1 Å². The lowest BCUT2D eigenvalue weighted by Gasteiger charge is -2.18. The minimum absolute atomic E-state index is 0.00649. The highest BCUT2D eigenvalue weighted by molar-refractivity contribution is 5.27. The quantitative estimate of drug-likeness (QED) is 0.827. The molecule has 2 aromatic carbocycles. The molecule has 0 amide bonds. The lowest BCUT2D eigenvalue weighted by atomic mass is 10.1. The summed E-state index contributed by atoms with van der Waals surface area (Å²) in [6, 6.07) is 18.5. The fourth-order valence-corrected chi connectivity index (χ4v) is 3.55. The van der Waals surface area contributed by atoms with Crippen LogP contribution in [-0.2, 0) is 27.4 Å². The van der Waals surface area contributed by atoms with E-state index >= 15 is 0 Å². The first kappa shape index (κ1) is 17.5. The molecule has 5 heteroatoms. The van der Waals surface area contributed by atoms with Gasteiger partial charge in [0.1, 0.15) is 24.1 Å². The largest absolute Gasteiger partial charge is 0.497 e. The Bertz CT molecular complexity index is 691. The molecular formula is C21H25NO4. The summed E-state index contributed by atoms with van der Waals surface area (Å²) in [5.41, 5.74) is 2.38. The third-order valence-corrected chi connectivity index (χ3v) is 5.04. The van der Waals surface area contributed by atoms with E-state index in [2.05, 4.69) is 29.6 Å². The summed E-state index contributed by atoms with van der Waals surface area (Å²) >= 11 is 0. The lowest BCUT2D eigenvalue weighted by Crippen LogP contribution is -2.41. The van der Waals surface area contributed by atoms with Gasteiger partial charge in [0.05, 0.1) is 33.0 Å². The molecule has 26 heavy (non-hydrogen) atoms. The normalized spacial score (nSPS) is 27.4. The molecule has 138 valence electrons. The molecule has 2 fully saturated rings. The van der Waals surface area contributed by atoms with Crippen LogP contribution in [0.15, 0.2) is 54.6 Å². The van der Waals surface area contributed by atoms with Crippen LogP contribution >= 0.6 is 0 Å². The first-order chi connectivity index (χ1) is 12.8. The van der Waals surface area contributed by atoms with Crippen molar-refractivity contribution < 1.29 is 18.9 Å². The van der Waals surface area contributed by atoms with Crippen molar-refractivity contribution in [3.63, 3.8) is 0 Å². The molecule has 0 aliphatic carbocycles. The Labute approximate surface area is 154 Å². The van der Waals surface area contributed by atoms with Gasteiger partial charge in [-0.2, -0.15) is 0 Å². The average Bonchev–Trinajstić information content (AvgIpc) is 3.28. The molecule has 0 saturated carbocycles. The third kappa shape index (κ3) is 3.91. The Hall–Kier alpha value is -1.92. The molecule has 1 N–H and O–H groups in total. The van der Waals surface area contributed by atoms with Gasteiger partial charge >= 0.3 is 0 Å². The van der Waals surface area contributed by atoms with E-state index in [0.29, 0.717) is 19.8 Å². The Balaban J connectivity index is 1.27. The van der Waals surface area contributed by atoms with Gasteiger partial charge in [-0.25, -0.2) is 0 Å². The van der Waals surface area contributed by atoms with E-state index in [1.807, 2.05) is 30.3 Å². The molecule has 2 saturated heterocycles. The second kappa shape index (κ2) is 8.18. The van der Waals surface area contributed by atoms with Crippen LogP contribution in [0.1, 0.15) is 11.1 Å². The van der Waals surface area contributed by atoms with Gasteiger partial charge in [-0.1, -0.05) is 42.5 Å². The van der Waals surface area contributed by atoms with Gasteiger partial charge < -0.3 is 24.3 Å². The van der Waals surface area contributed by atoms with Gasteiger partial charge in [0.15, 0.2) is 0 Å². The van der Waals surface area contributed by atoms with Crippen molar-refractivity contribution >= 4 is 0 Å². The van der Waals surface area contributed by atoms with Crippen LogP contribution in [0, 0.1) is 0 Å². The van der Waals surface area contributed by atoms with E-state index in [9.17, 15) is 0 Å². The zero-order valence-electron chi connectivity index (χ0n) is 15.0. The average molecular weight is 355 g/mol. The standard InChI is InChI=1S/C21H25NO4/c1-23-17-9-7-15(8-10-17)11-22-18-13-25-21-19(14-26-20(18)21)24-12-16-5-3-2-4-6-16/h2-10,18-22H,11-14H2,1H3/t18-,19+,20-,21-/m1/s1. The van der Waals surface area contributed by atoms with Crippen molar-refractivity contribution in [2.45, 2.75) is 37.5 Å². The number of methoxy groups -OCH3 is 1. The van der Waals surface area contributed by atoms with Crippen molar-refractivity contribution in [3.8, 4) is 5.75 Å². The maximum Gasteiger partial charge on any atom is 0.118 e. The molecule has 5 nitrogen and oxygen atoms in total. The van der Waals surface area contributed by atoms with Crippen LogP contribution in [-0.4, -0.2) is 44.7 Å². The summed E-state index contributed by atoms with van der Waals surface area (Å²) in [6.45, 7) is 2.60. The van der Waals surface area contributed by atoms with E-state index in [0.717, 1.165) is 12.3 Å². The monoisotopic (exact) mass is 355 g/mol. The zero-order chi connectivity index (χ0) is 17.8. The number of rotatable bonds is 7. The molecule has 0 unspecified atom stereocenters. The van der Waals surface area contributed by atoms with Gasteiger partial charge in [0, 0.05) is 6.54 Å². The van der Waals surface area contributed by atoms with Crippen molar-refractivity contribution in [2.75, 3.05) is 20.3 Å². The Morgan fingerprint density at radius 3 is 2.46 bits per heavy atom. The Morgan fingerprint density at radius 1 is 0.923 bits per heavy atom. The Kier molecular flexibility index (Phi) is 5.51. The van der Waals surface area contributed by atoms with Gasteiger partial charge in [-0.05, 0) is 23.3 Å². The van der Waals surface area contributed by atoms with Crippen LogP contribution in [0.5, 0.6) is 5.75 Å². The molecule has 0 aromatic heterocycles. The first-order valence-corrected chi connectivity index (χ1v) is 9.08. The predicted molar refractivity (Wildman–Crippen MR) is 98.1 cm³/mol. The molecular weight excluding hydrogens is 330 g/mol. The van der Waals surface area contributed by atoms with Gasteiger partial charge in [-0.15, -0.1) is 0 Å². The van der Waals surface area contributed by atoms with Crippen LogP contribution in [0.3, 0.4) is 0 Å². The fourth-order valence-electron chi connectivity index (χ4n) is 3.55. The smallest absolute Gasteiger partial charge is 0.118 e. The molecule has 2 aromatic rings. The summed E-state index contributed by atoms with van der Waals surface area (Å²) in [7, 11) is 1.68. The topological polar surface area (TPSA) is 49.0 Å². The van der Waals surface area contributed by atoms with Crippen LogP contribution in [0.25, 0.3) is 0 Å². The highest BCUT2D eigenvalue weighted by atomic mass is 16.6. The summed E-state index contributed by atoms with van der Waals surface area (Å²) in [6.07, 6.45) is 0.0501. The van der Waals surface area contributed by atoms with Gasteiger partial charge in [0.2, 0.25) is 0 Å². The highest BCUT2D eigenvalue weighted by Crippen LogP contribution is 2.29. The fraction of sp³-hybridized carbons (Fsp3) is 0.429. The van der Waals surface area contributed by atoms with E-state index in [-0.39, 0.29) is 24.4 Å². The minimum Gasteiger partial charge on any atom is -0.497 e. The summed E-state index contributed by atoms with van der Waals surface area (Å²) < 4.78 is 23.2. The predicted octanol–water partition coefficient (Wildman–Crippen LogP) is 2.54. The molecule has 4 atom stereocenters. The zero-order valence-corrected chi connectivity index (χ0v) is 15.0. The molecule has 0 radical (unpaired) electrons. The number of ether oxygens (including phenoxy) is 4. The second-order valence-electron chi connectivity index (χ2n) is 6.77. The maximum atomic E-state index is 6.05. The molecule has 0 bridgehead atoms. The molecule has 2 aliphatic rings. The van der Waals surface area contributed by atoms with Crippen LogP contribution < -0.4 is 10.1 Å². The number of fused-ring (bicyclic) bond motifs is 1. The number of nitrogens with one attached hydrogen (secondary N) is 1. The maximum absolute atomic E-state index is 6.05. The summed E-state index contributed by atoms with van der Waals surface area (Å²) in [4.78, 5) is 0. The molecule has 4 rings (SSSR count). The van der Waals surface area contributed by atoms with Gasteiger partial charge in [-0.3, -0.25) is 0 Å². The van der Waals surface area contributed by atoms with Gasteiger partial charge in [0.25, 0.3) is 0 Å². The van der Waals surface area contributed by atoms with Crippen LogP contribution in [0.2, 0.25) is 0 Å². The third-order valence-electron chi connectivity index (χ3n) is 5.04. The number of hydrogen-bond donors (Lipinski definition) is 1. The van der Waals surface area contributed by atoms with Crippen molar-refractivity contribution in [3.05, 3.63) is 65.7 Å². The minimum atomic E-state index is -0.00649. The lowest BCUT2D eigenvalue weighted by molar-refractivity contribution is -0.0393. The summed E-state index contributed by atoms with van der Waals surface area (Å²) in [5, 5.41) is 3.55. The van der Waals surface area contributed by atoms with E-state index < -0.39 is 0 Å². The van der Waals surface area contributed by atoms with Crippen molar-refractivity contribution in [1.82, 2.24) is 5.32 Å². The molecule has 2 aliphatic heterocycles. The molecule has 0 spiro atoms. The van der Waals surface area contributed by atoms with Crippen molar-refractivity contribution in [1.29, 1.82) is 0 Å². The number of hydrogen-bond acceptors (Lipinski definition) is 5.